The van der Waals surface area contributed by atoms with Crippen LogP contribution in [0, 0.1) is 0 Å². The molecule has 0 aliphatic rings. The minimum Gasteiger partial charge on any atom is -0.497 e. The van der Waals surface area contributed by atoms with Crippen LogP contribution < -0.4 is 19.5 Å². The third-order valence-electron chi connectivity index (χ3n) is 4.68. The molecule has 0 aromatic heterocycles. The van der Waals surface area contributed by atoms with E-state index < -0.39 is 6.10 Å². The van der Waals surface area contributed by atoms with Gasteiger partial charge in [-0.2, -0.15) is 0 Å². The number of rotatable bonds is 7. The van der Waals surface area contributed by atoms with Gasteiger partial charge in [-0.25, -0.2) is 0 Å². The van der Waals surface area contributed by atoms with Gasteiger partial charge in [0.25, 0.3) is 5.91 Å². The maximum absolute atomic E-state index is 12.7. The fraction of sp³-hybridized carbons (Fsp3) is 0.261. The molecule has 0 fully saturated rings. The fourth-order valence-corrected chi connectivity index (χ4v) is 3.13. The molecule has 0 saturated carbocycles. The van der Waals surface area contributed by atoms with Gasteiger partial charge in [0.05, 0.1) is 20.3 Å². The zero-order valence-corrected chi connectivity index (χ0v) is 16.6. The molecule has 0 unspecified atom stereocenters. The van der Waals surface area contributed by atoms with Crippen molar-refractivity contribution >= 4 is 16.7 Å². The van der Waals surface area contributed by atoms with Crippen LogP contribution >= 0.6 is 0 Å². The number of carbonyl (C=O) groups excluding carboxylic acids is 1. The second-order valence-electron chi connectivity index (χ2n) is 6.58. The number of fused-ring (bicyclic) bond motifs is 1. The molecule has 0 heterocycles. The highest BCUT2D eigenvalue weighted by Crippen LogP contribution is 2.30. The van der Waals surface area contributed by atoms with Crippen LogP contribution in [0.4, 0.5) is 0 Å². The van der Waals surface area contributed by atoms with E-state index in [2.05, 4.69) is 5.32 Å². The normalized spacial score (nSPS) is 12.9. The van der Waals surface area contributed by atoms with E-state index in [9.17, 15) is 4.79 Å². The monoisotopic (exact) mass is 379 g/mol. The van der Waals surface area contributed by atoms with Crippen molar-refractivity contribution < 1.29 is 19.0 Å². The number of benzene rings is 3. The molecule has 5 nitrogen and oxygen atoms in total. The minimum atomic E-state index is -0.648. The van der Waals surface area contributed by atoms with E-state index in [1.165, 1.54) is 0 Å². The van der Waals surface area contributed by atoms with Crippen molar-refractivity contribution in [1.82, 2.24) is 5.32 Å². The summed E-state index contributed by atoms with van der Waals surface area (Å²) < 4.78 is 16.7. The molecule has 0 bridgehead atoms. The Morgan fingerprint density at radius 3 is 2.39 bits per heavy atom. The number of carbonyl (C=O) groups is 1. The molecule has 0 aliphatic carbocycles. The van der Waals surface area contributed by atoms with Crippen LogP contribution in [0.3, 0.4) is 0 Å². The van der Waals surface area contributed by atoms with Crippen LogP contribution in [-0.4, -0.2) is 26.2 Å². The molecule has 3 aromatic rings. The molecule has 1 amide bonds. The molecule has 0 spiro atoms. The number of hydrogen-bond donors (Lipinski definition) is 1. The molecule has 5 heteroatoms. The Labute approximate surface area is 165 Å². The Hall–Kier alpha value is -3.21. The number of ether oxygens (including phenoxy) is 3. The van der Waals surface area contributed by atoms with Gasteiger partial charge in [0, 0.05) is 10.9 Å². The first kappa shape index (κ1) is 19.5. The summed E-state index contributed by atoms with van der Waals surface area (Å²) in [6, 6.07) is 19.0. The van der Waals surface area contributed by atoms with Crippen molar-refractivity contribution in [3.63, 3.8) is 0 Å². The summed E-state index contributed by atoms with van der Waals surface area (Å²) in [5.74, 6) is 1.88. The average Bonchev–Trinajstić information content (AvgIpc) is 2.73. The van der Waals surface area contributed by atoms with Gasteiger partial charge in [-0.1, -0.05) is 36.4 Å². The summed E-state index contributed by atoms with van der Waals surface area (Å²) in [6.45, 7) is 3.65. The highest BCUT2D eigenvalue weighted by Gasteiger charge is 2.21. The van der Waals surface area contributed by atoms with E-state index in [1.54, 1.807) is 21.1 Å². The second-order valence-corrected chi connectivity index (χ2v) is 6.58. The Morgan fingerprint density at radius 1 is 0.893 bits per heavy atom. The van der Waals surface area contributed by atoms with Gasteiger partial charge in [-0.3, -0.25) is 4.79 Å². The molecule has 2 atom stereocenters. The maximum Gasteiger partial charge on any atom is 0.261 e. The molecule has 146 valence electrons. The molecular formula is C23H25NO4. The highest BCUT2D eigenvalue weighted by molar-refractivity contribution is 5.89. The largest absolute Gasteiger partial charge is 0.497 e. The summed E-state index contributed by atoms with van der Waals surface area (Å²) in [5, 5.41) is 5.04. The zero-order chi connectivity index (χ0) is 20.1. The molecular weight excluding hydrogens is 354 g/mol. The van der Waals surface area contributed by atoms with Crippen LogP contribution in [0.2, 0.25) is 0 Å². The van der Waals surface area contributed by atoms with Gasteiger partial charge in [0.1, 0.15) is 17.2 Å². The molecule has 3 rings (SSSR count). The number of amides is 1. The van der Waals surface area contributed by atoms with E-state index in [0.717, 1.165) is 16.3 Å². The molecule has 3 aromatic carbocycles. The lowest BCUT2D eigenvalue weighted by atomic mass is 10.1. The lowest BCUT2D eigenvalue weighted by molar-refractivity contribution is -0.127. The average molecular weight is 379 g/mol. The number of nitrogens with one attached hydrogen (secondary N) is 1. The first-order valence-electron chi connectivity index (χ1n) is 9.20. The van der Waals surface area contributed by atoms with Crippen molar-refractivity contribution in [2.45, 2.75) is 26.0 Å². The van der Waals surface area contributed by atoms with E-state index >= 15 is 0 Å². The van der Waals surface area contributed by atoms with Crippen LogP contribution in [0.25, 0.3) is 10.8 Å². The van der Waals surface area contributed by atoms with Crippen LogP contribution in [0.15, 0.2) is 60.7 Å². The summed E-state index contributed by atoms with van der Waals surface area (Å²) in [4.78, 5) is 12.7. The van der Waals surface area contributed by atoms with Gasteiger partial charge in [-0.15, -0.1) is 0 Å². The first-order chi connectivity index (χ1) is 13.5. The summed E-state index contributed by atoms with van der Waals surface area (Å²) in [5.41, 5.74) is 0.840. The van der Waals surface area contributed by atoms with Crippen molar-refractivity contribution in [3.05, 3.63) is 66.2 Å². The van der Waals surface area contributed by atoms with Crippen molar-refractivity contribution in [1.29, 1.82) is 0 Å². The molecule has 0 saturated heterocycles. The van der Waals surface area contributed by atoms with Crippen LogP contribution in [-0.2, 0) is 4.79 Å². The zero-order valence-electron chi connectivity index (χ0n) is 16.6. The predicted octanol–water partition coefficient (Wildman–Crippen LogP) is 4.50. The van der Waals surface area contributed by atoms with Gasteiger partial charge in [0.15, 0.2) is 6.10 Å². The van der Waals surface area contributed by atoms with Crippen molar-refractivity contribution in [2.24, 2.45) is 0 Å². The van der Waals surface area contributed by atoms with Gasteiger partial charge < -0.3 is 19.5 Å². The van der Waals surface area contributed by atoms with Gasteiger partial charge in [0.2, 0.25) is 0 Å². The minimum absolute atomic E-state index is 0.203. The van der Waals surface area contributed by atoms with E-state index in [1.807, 2.05) is 67.6 Å². The van der Waals surface area contributed by atoms with Crippen LogP contribution in [0.1, 0.15) is 25.5 Å². The smallest absolute Gasteiger partial charge is 0.261 e. The fourth-order valence-electron chi connectivity index (χ4n) is 3.13. The lowest BCUT2D eigenvalue weighted by Crippen LogP contribution is -2.37. The standard InChI is InChI=1S/C23H25NO4/c1-15(20-14-18(26-3)12-13-21(20)27-4)24-23(25)16(2)28-22-11-7-9-17-8-5-6-10-19(17)22/h5-16H,1-4H3,(H,24,25)/t15-,16+/m1/s1. The third-order valence-corrected chi connectivity index (χ3v) is 4.68. The van der Waals surface area contributed by atoms with E-state index in [4.69, 9.17) is 14.2 Å². The van der Waals surface area contributed by atoms with Gasteiger partial charge >= 0.3 is 0 Å². The number of methoxy groups -OCH3 is 2. The number of hydrogen-bond acceptors (Lipinski definition) is 4. The van der Waals surface area contributed by atoms with E-state index in [0.29, 0.717) is 17.2 Å². The Kier molecular flexibility index (Phi) is 6.04. The second kappa shape index (κ2) is 8.65. The topological polar surface area (TPSA) is 56.8 Å². The van der Waals surface area contributed by atoms with Crippen LogP contribution in [0.5, 0.6) is 17.2 Å². The Bertz CT molecular complexity index is 964. The SMILES string of the molecule is COc1ccc(OC)c([C@@H](C)NC(=O)[C@H](C)Oc2cccc3ccccc23)c1. The Morgan fingerprint density at radius 2 is 1.64 bits per heavy atom. The highest BCUT2D eigenvalue weighted by atomic mass is 16.5. The first-order valence-corrected chi connectivity index (χ1v) is 9.20. The van der Waals surface area contributed by atoms with Crippen molar-refractivity contribution in [3.8, 4) is 17.2 Å². The third kappa shape index (κ3) is 4.19. The molecule has 0 aliphatic heterocycles. The molecule has 0 radical (unpaired) electrons. The molecule has 28 heavy (non-hydrogen) atoms. The predicted molar refractivity (Wildman–Crippen MR) is 110 cm³/mol. The van der Waals surface area contributed by atoms with E-state index in [-0.39, 0.29) is 11.9 Å². The quantitative estimate of drug-likeness (QED) is 0.657. The lowest BCUT2D eigenvalue weighted by Gasteiger charge is -2.21. The van der Waals surface area contributed by atoms with Crippen molar-refractivity contribution in [2.75, 3.05) is 14.2 Å². The summed E-state index contributed by atoms with van der Waals surface area (Å²) in [7, 11) is 3.21. The summed E-state index contributed by atoms with van der Waals surface area (Å²) >= 11 is 0. The summed E-state index contributed by atoms with van der Waals surface area (Å²) in [6.07, 6.45) is -0.648. The Balaban J connectivity index is 1.73. The molecule has 1 N–H and O–H groups in total. The van der Waals surface area contributed by atoms with Gasteiger partial charge in [-0.05, 0) is 43.5 Å². The maximum atomic E-state index is 12.7.